The second-order valence-electron chi connectivity index (χ2n) is 6.22. The molecule has 0 saturated carbocycles. The van der Waals surface area contributed by atoms with Crippen LogP contribution >= 0.6 is 0 Å². The van der Waals surface area contributed by atoms with Gasteiger partial charge in [-0.3, -0.25) is 0 Å². The van der Waals surface area contributed by atoms with Crippen molar-refractivity contribution in [2.45, 2.75) is 44.1 Å². The number of aromatic amines is 1. The lowest BCUT2D eigenvalue weighted by Crippen LogP contribution is -2.46. The number of carbonyl (C=O) groups is 1. The number of rotatable bonds is 5. The van der Waals surface area contributed by atoms with Crippen molar-refractivity contribution in [2.24, 2.45) is 0 Å². The molecule has 4 atom stereocenters. The van der Waals surface area contributed by atoms with E-state index in [-0.39, 0.29) is 11.4 Å². The highest BCUT2D eigenvalue weighted by Gasteiger charge is 2.56. The molecule has 1 aliphatic rings. The minimum absolute atomic E-state index is 0.0764. The van der Waals surface area contributed by atoms with Crippen LogP contribution in [-0.2, 0) is 22.6 Å². The maximum absolute atomic E-state index is 12.4. The lowest BCUT2D eigenvalue weighted by Gasteiger charge is -2.22. The van der Waals surface area contributed by atoms with Crippen LogP contribution in [-0.4, -0.2) is 67.2 Å². The first-order chi connectivity index (χ1) is 12.3. The highest BCUT2D eigenvalue weighted by atomic mass is 16.7. The van der Waals surface area contributed by atoms with Crippen LogP contribution in [0.4, 0.5) is 0 Å². The molecule has 26 heavy (non-hydrogen) atoms. The van der Waals surface area contributed by atoms with E-state index in [0.717, 1.165) is 12.0 Å². The summed E-state index contributed by atoms with van der Waals surface area (Å²) in [4.78, 5) is 15.4. The maximum Gasteiger partial charge on any atom is 0.343 e. The predicted molar refractivity (Wildman–Crippen MR) is 88.2 cm³/mol. The van der Waals surface area contributed by atoms with Gasteiger partial charge in [0.1, 0.15) is 12.2 Å². The fourth-order valence-corrected chi connectivity index (χ4v) is 2.99. The van der Waals surface area contributed by atoms with Gasteiger partial charge in [-0.15, -0.1) is 0 Å². The molecule has 1 aromatic carbocycles. The van der Waals surface area contributed by atoms with Gasteiger partial charge in [0.15, 0.2) is 11.9 Å². The summed E-state index contributed by atoms with van der Waals surface area (Å²) in [5, 5.41) is 48.8. The summed E-state index contributed by atoms with van der Waals surface area (Å²) in [6.45, 7) is 0.534. The molecule has 2 heterocycles. The van der Waals surface area contributed by atoms with E-state index >= 15 is 0 Å². The quantitative estimate of drug-likeness (QED) is 0.365. The first kappa shape index (κ1) is 18.8. The highest BCUT2D eigenvalue weighted by Crippen LogP contribution is 2.34. The van der Waals surface area contributed by atoms with Gasteiger partial charge in [0.05, 0.1) is 18.9 Å². The molecule has 6 N–H and O–H groups in total. The van der Waals surface area contributed by atoms with E-state index in [1.165, 1.54) is 0 Å². The molecule has 2 aromatic rings. The molecular formula is C17H21NO8. The topological polar surface area (TPSA) is 152 Å². The molecule has 3 rings (SSSR count). The van der Waals surface area contributed by atoms with Crippen LogP contribution in [0.2, 0.25) is 0 Å². The third-order valence-corrected chi connectivity index (χ3v) is 4.54. The van der Waals surface area contributed by atoms with E-state index in [1.807, 2.05) is 13.0 Å². The van der Waals surface area contributed by atoms with Gasteiger partial charge >= 0.3 is 5.97 Å². The van der Waals surface area contributed by atoms with E-state index < -0.39 is 43.3 Å². The fourth-order valence-electron chi connectivity index (χ4n) is 2.99. The number of ether oxygens (including phenoxy) is 2. The largest absolute Gasteiger partial charge is 0.422 e. The van der Waals surface area contributed by atoms with Crippen molar-refractivity contribution in [3.63, 3.8) is 0 Å². The van der Waals surface area contributed by atoms with Crippen molar-refractivity contribution in [1.82, 2.24) is 4.98 Å². The summed E-state index contributed by atoms with van der Waals surface area (Å²) < 4.78 is 10.2. The van der Waals surface area contributed by atoms with Crippen molar-refractivity contribution in [3.8, 4) is 5.75 Å². The average Bonchev–Trinajstić information content (AvgIpc) is 3.11. The van der Waals surface area contributed by atoms with Crippen LogP contribution < -0.4 is 4.74 Å². The number of aryl methyl sites for hydroxylation is 1. The monoisotopic (exact) mass is 367 g/mol. The average molecular weight is 367 g/mol. The van der Waals surface area contributed by atoms with Crippen molar-refractivity contribution in [1.29, 1.82) is 0 Å². The smallest absolute Gasteiger partial charge is 0.343 e. The van der Waals surface area contributed by atoms with Crippen LogP contribution in [0.15, 0.2) is 18.2 Å². The Morgan fingerprint density at radius 1 is 1.35 bits per heavy atom. The minimum Gasteiger partial charge on any atom is -0.422 e. The van der Waals surface area contributed by atoms with Crippen molar-refractivity contribution in [2.75, 3.05) is 6.61 Å². The van der Waals surface area contributed by atoms with Crippen molar-refractivity contribution in [3.05, 3.63) is 29.5 Å². The Balaban J connectivity index is 1.92. The molecule has 1 aromatic heterocycles. The third-order valence-electron chi connectivity index (χ3n) is 4.54. The molecule has 0 aliphatic carbocycles. The molecule has 1 fully saturated rings. The summed E-state index contributed by atoms with van der Waals surface area (Å²) in [5.41, 5.74) is 1.89. The lowest BCUT2D eigenvalue weighted by molar-refractivity contribution is -0.246. The van der Waals surface area contributed by atoms with Gasteiger partial charge < -0.3 is 40.0 Å². The molecule has 1 saturated heterocycles. The number of carbonyl (C=O) groups excluding carboxylic acids is 1. The zero-order valence-corrected chi connectivity index (χ0v) is 14.0. The number of aliphatic hydroxyl groups is 5. The molecular weight excluding hydrogens is 346 g/mol. The number of aliphatic hydroxyl groups excluding tert-OH is 4. The summed E-state index contributed by atoms with van der Waals surface area (Å²) in [6, 6.07) is 5.49. The number of H-pyrrole nitrogens is 1. The molecule has 1 aliphatic heterocycles. The Labute approximate surface area is 148 Å². The SMILES string of the molecule is CCc1ccc2[nH]c(CO)c(OC(=O)[C@@H]3O[C@@](O)(CO)[C@H](O)[C@H]3O)c2c1. The maximum atomic E-state index is 12.4. The second kappa shape index (κ2) is 6.95. The van der Waals surface area contributed by atoms with Gasteiger partial charge in [0, 0.05) is 10.9 Å². The van der Waals surface area contributed by atoms with Gasteiger partial charge in [-0.05, 0) is 24.1 Å². The lowest BCUT2D eigenvalue weighted by atomic mass is 10.1. The predicted octanol–water partition coefficient (Wildman–Crippen LogP) is -1.07. The van der Waals surface area contributed by atoms with Gasteiger partial charge in [-0.1, -0.05) is 13.0 Å². The van der Waals surface area contributed by atoms with E-state index in [9.17, 15) is 25.2 Å². The number of hydrogen-bond donors (Lipinski definition) is 6. The van der Waals surface area contributed by atoms with E-state index in [1.54, 1.807) is 12.1 Å². The Bertz CT molecular complexity index is 818. The standard InChI is InChI=1S/C17H21NO8/c1-2-8-3-4-10-9(5-8)13(11(6-19)18-10)25-16(23)14-12(21)15(22)17(24,7-20)26-14/h3-5,12,14-15,18-22,24H,2,6-7H2,1H3/t12-,14+,15+,17-/m0/s1. The van der Waals surface area contributed by atoms with Crippen LogP contribution in [0.1, 0.15) is 18.2 Å². The summed E-state index contributed by atoms with van der Waals surface area (Å²) >= 11 is 0. The second-order valence-corrected chi connectivity index (χ2v) is 6.22. The summed E-state index contributed by atoms with van der Waals surface area (Å²) in [5.74, 6) is -3.45. The molecule has 0 radical (unpaired) electrons. The number of hydrogen-bond acceptors (Lipinski definition) is 8. The molecule has 0 spiro atoms. The number of esters is 1. The van der Waals surface area contributed by atoms with Gasteiger partial charge in [0.2, 0.25) is 5.79 Å². The number of nitrogens with one attached hydrogen (secondary N) is 1. The first-order valence-corrected chi connectivity index (χ1v) is 8.17. The minimum atomic E-state index is -2.46. The van der Waals surface area contributed by atoms with E-state index in [0.29, 0.717) is 10.9 Å². The van der Waals surface area contributed by atoms with Gasteiger partial charge in [-0.25, -0.2) is 4.79 Å². The Morgan fingerprint density at radius 3 is 2.65 bits per heavy atom. The Morgan fingerprint density at radius 2 is 2.08 bits per heavy atom. The Kier molecular flexibility index (Phi) is 5.02. The number of benzene rings is 1. The third kappa shape index (κ3) is 2.98. The molecule has 9 heteroatoms. The molecule has 0 amide bonds. The van der Waals surface area contributed by atoms with Crippen LogP contribution in [0.5, 0.6) is 5.75 Å². The van der Waals surface area contributed by atoms with E-state index in [2.05, 4.69) is 4.98 Å². The molecule has 0 bridgehead atoms. The molecule has 142 valence electrons. The molecule has 0 unspecified atom stereocenters. The highest BCUT2D eigenvalue weighted by molar-refractivity contribution is 5.91. The first-order valence-electron chi connectivity index (χ1n) is 8.17. The normalized spacial score (nSPS) is 28.6. The van der Waals surface area contributed by atoms with E-state index in [4.69, 9.17) is 14.6 Å². The Hall–Kier alpha value is -2.01. The van der Waals surface area contributed by atoms with Gasteiger partial charge in [0.25, 0.3) is 0 Å². The zero-order chi connectivity index (χ0) is 19.1. The van der Waals surface area contributed by atoms with Crippen molar-refractivity contribution < 1.29 is 39.8 Å². The zero-order valence-electron chi connectivity index (χ0n) is 14.0. The number of fused-ring (bicyclic) bond motifs is 1. The summed E-state index contributed by atoms with van der Waals surface area (Å²) in [7, 11) is 0. The summed E-state index contributed by atoms with van der Waals surface area (Å²) in [6.07, 6.45) is -4.61. The van der Waals surface area contributed by atoms with Gasteiger partial charge in [-0.2, -0.15) is 0 Å². The van der Waals surface area contributed by atoms with Crippen molar-refractivity contribution >= 4 is 16.9 Å². The number of aromatic nitrogens is 1. The molecule has 9 nitrogen and oxygen atoms in total. The van der Waals surface area contributed by atoms with Crippen LogP contribution in [0.3, 0.4) is 0 Å². The van der Waals surface area contributed by atoms with Crippen LogP contribution in [0.25, 0.3) is 10.9 Å². The van der Waals surface area contributed by atoms with Crippen LogP contribution in [0, 0.1) is 0 Å². The fraction of sp³-hybridized carbons (Fsp3) is 0.471.